The van der Waals surface area contributed by atoms with Gasteiger partial charge in [-0.3, -0.25) is 4.90 Å². The van der Waals surface area contributed by atoms with Crippen LogP contribution in [0.1, 0.15) is 44.9 Å². The zero-order chi connectivity index (χ0) is 12.5. The molecule has 0 aromatic heterocycles. The molecule has 0 aliphatic heterocycles. The molecule has 0 aromatic carbocycles. The maximum atomic E-state index is 10.1. The van der Waals surface area contributed by atoms with Crippen molar-refractivity contribution in [2.75, 3.05) is 27.7 Å². The fourth-order valence-electron chi connectivity index (χ4n) is 3.52. The van der Waals surface area contributed by atoms with E-state index in [1.165, 1.54) is 38.5 Å². The van der Waals surface area contributed by atoms with Crippen molar-refractivity contribution in [1.82, 2.24) is 9.80 Å². The Morgan fingerprint density at radius 3 is 2.18 bits per heavy atom. The maximum Gasteiger partial charge on any atom is 0.0695 e. The molecule has 2 saturated carbocycles. The molecule has 0 amide bonds. The molecule has 1 N–H and O–H groups in total. The molecule has 2 fully saturated rings. The summed E-state index contributed by atoms with van der Waals surface area (Å²) in [5, 5.41) is 10.1. The first-order valence-electron chi connectivity index (χ1n) is 7.11. The predicted octanol–water partition coefficient (Wildman–Crippen LogP) is 1.71. The van der Waals surface area contributed by atoms with Crippen molar-refractivity contribution in [2.24, 2.45) is 0 Å². The number of aliphatic hydroxyl groups is 1. The fourth-order valence-corrected chi connectivity index (χ4v) is 3.52. The van der Waals surface area contributed by atoms with Crippen LogP contribution in [0.4, 0.5) is 0 Å². The van der Waals surface area contributed by atoms with Gasteiger partial charge < -0.3 is 10.0 Å². The van der Waals surface area contributed by atoms with E-state index >= 15 is 0 Å². The monoisotopic (exact) mass is 240 g/mol. The zero-order valence-corrected chi connectivity index (χ0v) is 11.7. The number of hydrogen-bond donors (Lipinski definition) is 1. The Bertz CT molecular complexity index is 251. The molecule has 0 radical (unpaired) electrons. The minimum absolute atomic E-state index is 0.104. The van der Waals surface area contributed by atoms with Crippen molar-refractivity contribution in [2.45, 2.75) is 62.6 Å². The van der Waals surface area contributed by atoms with E-state index < -0.39 is 0 Å². The van der Waals surface area contributed by atoms with Gasteiger partial charge in [-0.1, -0.05) is 12.8 Å². The lowest BCUT2D eigenvalue weighted by Gasteiger charge is -2.51. The van der Waals surface area contributed by atoms with Crippen LogP contribution < -0.4 is 0 Å². The Labute approximate surface area is 106 Å². The van der Waals surface area contributed by atoms with E-state index in [0.717, 1.165) is 13.0 Å². The van der Waals surface area contributed by atoms with Gasteiger partial charge in [-0.2, -0.15) is 0 Å². The summed E-state index contributed by atoms with van der Waals surface area (Å²) in [6, 6.07) is 0.390. The maximum absolute atomic E-state index is 10.1. The number of nitrogens with zero attached hydrogens (tertiary/aromatic N) is 2. The molecular weight excluding hydrogens is 212 g/mol. The van der Waals surface area contributed by atoms with Gasteiger partial charge in [0.25, 0.3) is 0 Å². The molecule has 0 bridgehead atoms. The van der Waals surface area contributed by atoms with Crippen molar-refractivity contribution in [1.29, 1.82) is 0 Å². The molecule has 2 aliphatic carbocycles. The van der Waals surface area contributed by atoms with Gasteiger partial charge in [0.05, 0.1) is 6.10 Å². The molecule has 2 atom stereocenters. The van der Waals surface area contributed by atoms with Crippen LogP contribution in [-0.2, 0) is 0 Å². The number of aliphatic hydroxyl groups excluding tert-OH is 1. The highest BCUT2D eigenvalue weighted by Gasteiger charge is 2.41. The minimum Gasteiger partial charge on any atom is -0.391 e. The summed E-state index contributed by atoms with van der Waals surface area (Å²) in [5.74, 6) is 0. The fraction of sp³-hybridized carbons (Fsp3) is 1.00. The van der Waals surface area contributed by atoms with Crippen LogP contribution in [0.25, 0.3) is 0 Å². The molecular formula is C14H28N2O. The number of rotatable bonds is 4. The highest BCUT2D eigenvalue weighted by molar-refractivity contribution is 4.99. The molecule has 0 heterocycles. The molecule has 100 valence electrons. The Kier molecular flexibility index (Phi) is 4.11. The van der Waals surface area contributed by atoms with E-state index in [1.807, 2.05) is 0 Å². The van der Waals surface area contributed by atoms with E-state index in [-0.39, 0.29) is 6.10 Å². The van der Waals surface area contributed by atoms with Crippen LogP contribution in [0.3, 0.4) is 0 Å². The first-order chi connectivity index (χ1) is 8.05. The SMILES string of the molecule is CN(CC1(N(C)C)CCC1)[C@@H]1CCCC[C@H]1O. The van der Waals surface area contributed by atoms with Crippen molar-refractivity contribution < 1.29 is 5.11 Å². The Morgan fingerprint density at radius 1 is 1.06 bits per heavy atom. The summed E-state index contributed by atoms with van der Waals surface area (Å²) in [6.45, 7) is 1.11. The number of likely N-dealkylation sites (N-methyl/N-ethyl adjacent to an activating group) is 2. The highest BCUT2D eigenvalue weighted by Crippen LogP contribution is 2.37. The topological polar surface area (TPSA) is 26.7 Å². The van der Waals surface area contributed by atoms with E-state index in [4.69, 9.17) is 0 Å². The lowest BCUT2D eigenvalue weighted by atomic mass is 9.75. The third kappa shape index (κ3) is 2.67. The summed E-state index contributed by atoms with van der Waals surface area (Å²) in [6.07, 6.45) is 8.52. The summed E-state index contributed by atoms with van der Waals surface area (Å²) in [5.41, 5.74) is 0.381. The standard InChI is InChI=1S/C14H28N2O/c1-15(2)14(9-6-10-14)11-16(3)12-7-4-5-8-13(12)17/h12-13,17H,4-11H2,1-3H3/t12-,13-/m1/s1. The van der Waals surface area contributed by atoms with E-state index in [2.05, 4.69) is 30.9 Å². The summed E-state index contributed by atoms with van der Waals surface area (Å²) in [7, 11) is 6.59. The average molecular weight is 240 g/mol. The van der Waals surface area contributed by atoms with Gasteiger partial charge in [0.2, 0.25) is 0 Å². The normalized spacial score (nSPS) is 32.8. The third-order valence-corrected chi connectivity index (χ3v) is 5.04. The van der Waals surface area contributed by atoms with Gasteiger partial charge >= 0.3 is 0 Å². The van der Waals surface area contributed by atoms with Gasteiger partial charge in [0.15, 0.2) is 0 Å². The van der Waals surface area contributed by atoms with Gasteiger partial charge in [0.1, 0.15) is 0 Å². The quantitative estimate of drug-likeness (QED) is 0.810. The molecule has 0 saturated heterocycles. The van der Waals surface area contributed by atoms with Crippen molar-refractivity contribution >= 4 is 0 Å². The molecule has 0 unspecified atom stereocenters. The second-order valence-corrected chi connectivity index (χ2v) is 6.31. The number of hydrogen-bond acceptors (Lipinski definition) is 3. The molecule has 3 heteroatoms. The first kappa shape index (κ1) is 13.3. The third-order valence-electron chi connectivity index (χ3n) is 5.04. The molecule has 0 aromatic rings. The smallest absolute Gasteiger partial charge is 0.0695 e. The Balaban J connectivity index is 1.93. The first-order valence-corrected chi connectivity index (χ1v) is 7.11. The van der Waals surface area contributed by atoms with Crippen LogP contribution in [0.2, 0.25) is 0 Å². The van der Waals surface area contributed by atoms with Crippen molar-refractivity contribution in [3.63, 3.8) is 0 Å². The molecule has 3 nitrogen and oxygen atoms in total. The van der Waals surface area contributed by atoms with E-state index in [9.17, 15) is 5.11 Å². The van der Waals surface area contributed by atoms with Crippen LogP contribution >= 0.6 is 0 Å². The average Bonchev–Trinajstić information content (AvgIpc) is 2.23. The Morgan fingerprint density at radius 2 is 1.71 bits per heavy atom. The summed E-state index contributed by atoms with van der Waals surface area (Å²) in [4.78, 5) is 4.81. The largest absolute Gasteiger partial charge is 0.391 e. The second-order valence-electron chi connectivity index (χ2n) is 6.31. The Hall–Kier alpha value is -0.120. The predicted molar refractivity (Wildman–Crippen MR) is 71.2 cm³/mol. The van der Waals surface area contributed by atoms with Crippen molar-refractivity contribution in [3.05, 3.63) is 0 Å². The molecule has 0 spiro atoms. The van der Waals surface area contributed by atoms with Crippen LogP contribution in [-0.4, -0.2) is 60.3 Å². The minimum atomic E-state index is -0.104. The molecule has 2 aliphatic rings. The zero-order valence-electron chi connectivity index (χ0n) is 11.7. The molecule has 2 rings (SSSR count). The summed E-state index contributed by atoms with van der Waals surface area (Å²) < 4.78 is 0. The van der Waals surface area contributed by atoms with Gasteiger partial charge in [-0.25, -0.2) is 0 Å². The highest BCUT2D eigenvalue weighted by atomic mass is 16.3. The van der Waals surface area contributed by atoms with Crippen molar-refractivity contribution in [3.8, 4) is 0 Å². The van der Waals surface area contributed by atoms with E-state index in [1.54, 1.807) is 0 Å². The van der Waals surface area contributed by atoms with E-state index in [0.29, 0.717) is 11.6 Å². The van der Waals surface area contributed by atoms with Crippen LogP contribution in [0.15, 0.2) is 0 Å². The van der Waals surface area contributed by atoms with Gasteiger partial charge in [-0.15, -0.1) is 0 Å². The van der Waals surface area contributed by atoms with Crippen LogP contribution in [0, 0.1) is 0 Å². The second kappa shape index (κ2) is 5.25. The molecule has 17 heavy (non-hydrogen) atoms. The lowest BCUT2D eigenvalue weighted by molar-refractivity contribution is -0.0231. The lowest BCUT2D eigenvalue weighted by Crippen LogP contribution is -2.59. The van der Waals surface area contributed by atoms with Crippen LogP contribution in [0.5, 0.6) is 0 Å². The summed E-state index contributed by atoms with van der Waals surface area (Å²) >= 11 is 0. The van der Waals surface area contributed by atoms with Gasteiger partial charge in [0, 0.05) is 18.1 Å². The van der Waals surface area contributed by atoms with Gasteiger partial charge in [-0.05, 0) is 53.2 Å².